The molecule has 0 aliphatic carbocycles. The fraction of sp³-hybridized carbons (Fsp3) is 0.333. The van der Waals surface area contributed by atoms with Crippen molar-refractivity contribution in [3.63, 3.8) is 0 Å². The number of piperazine rings is 1. The van der Waals surface area contributed by atoms with Crippen molar-refractivity contribution in [2.75, 3.05) is 40.4 Å². The molecular formula is C27H32N2O3. The van der Waals surface area contributed by atoms with Gasteiger partial charge in [-0.05, 0) is 29.3 Å². The summed E-state index contributed by atoms with van der Waals surface area (Å²) in [6.45, 7) is 4.61. The molecule has 0 spiro atoms. The van der Waals surface area contributed by atoms with Crippen LogP contribution in [0, 0.1) is 0 Å². The van der Waals surface area contributed by atoms with Gasteiger partial charge in [-0.3, -0.25) is 9.80 Å². The van der Waals surface area contributed by atoms with Crippen molar-refractivity contribution in [3.8, 4) is 11.5 Å². The maximum absolute atomic E-state index is 11.5. The Balaban J connectivity index is 1.49. The smallest absolute Gasteiger partial charge is 0.124 e. The number of methoxy groups -OCH3 is 2. The second-order valence-corrected chi connectivity index (χ2v) is 8.20. The number of rotatable bonds is 8. The minimum atomic E-state index is -0.679. The summed E-state index contributed by atoms with van der Waals surface area (Å²) in [6.07, 6.45) is -0.679. The van der Waals surface area contributed by atoms with Crippen molar-refractivity contribution in [3.05, 3.63) is 95.6 Å². The first-order valence-corrected chi connectivity index (χ1v) is 11.1. The third kappa shape index (κ3) is 5.13. The number of nitrogens with zero attached hydrogens (tertiary/aromatic N) is 2. The highest BCUT2D eigenvalue weighted by atomic mass is 16.5. The third-order valence-corrected chi connectivity index (χ3v) is 6.26. The van der Waals surface area contributed by atoms with Crippen LogP contribution in [0.5, 0.6) is 11.5 Å². The summed E-state index contributed by atoms with van der Waals surface area (Å²) >= 11 is 0. The van der Waals surface area contributed by atoms with Gasteiger partial charge >= 0.3 is 0 Å². The van der Waals surface area contributed by atoms with Gasteiger partial charge in [-0.2, -0.15) is 0 Å². The van der Waals surface area contributed by atoms with Crippen LogP contribution in [0.3, 0.4) is 0 Å². The molecule has 5 heteroatoms. The fourth-order valence-corrected chi connectivity index (χ4v) is 4.51. The number of benzene rings is 3. The first-order chi connectivity index (χ1) is 15.7. The number of hydrogen-bond donors (Lipinski definition) is 1. The number of hydrogen-bond acceptors (Lipinski definition) is 5. The van der Waals surface area contributed by atoms with Gasteiger partial charge in [0.15, 0.2) is 0 Å². The molecule has 0 radical (unpaired) electrons. The van der Waals surface area contributed by atoms with Crippen LogP contribution < -0.4 is 9.47 Å². The number of aliphatic hydroxyl groups excluding tert-OH is 1. The first kappa shape index (κ1) is 22.3. The standard InChI is InChI=1S/C27H32N2O3/c1-31-23-14-12-21(13-15-23)20-28-16-18-29(19-17-28)26(22-8-4-3-5-9-22)27(30)24-10-6-7-11-25(24)32-2/h3-15,26-27,30H,16-20H2,1-2H3. The Hall–Kier alpha value is -2.86. The van der Waals surface area contributed by atoms with E-state index in [0.717, 1.165) is 55.3 Å². The average Bonchev–Trinajstić information content (AvgIpc) is 2.86. The van der Waals surface area contributed by atoms with Gasteiger partial charge in [-0.1, -0.05) is 60.7 Å². The quantitative estimate of drug-likeness (QED) is 0.575. The molecule has 0 amide bonds. The van der Waals surface area contributed by atoms with E-state index in [2.05, 4.69) is 34.1 Å². The van der Waals surface area contributed by atoms with Gasteiger partial charge in [-0.25, -0.2) is 0 Å². The van der Waals surface area contributed by atoms with Gasteiger partial charge in [-0.15, -0.1) is 0 Å². The summed E-state index contributed by atoms with van der Waals surface area (Å²) in [5.41, 5.74) is 3.23. The lowest BCUT2D eigenvalue weighted by Gasteiger charge is -2.41. The largest absolute Gasteiger partial charge is 0.497 e. The topological polar surface area (TPSA) is 45.2 Å². The summed E-state index contributed by atoms with van der Waals surface area (Å²) < 4.78 is 10.8. The highest BCUT2D eigenvalue weighted by Gasteiger charge is 2.32. The molecule has 4 rings (SSSR count). The zero-order valence-electron chi connectivity index (χ0n) is 18.9. The van der Waals surface area contributed by atoms with Gasteiger partial charge in [0.2, 0.25) is 0 Å². The highest BCUT2D eigenvalue weighted by molar-refractivity contribution is 5.37. The second-order valence-electron chi connectivity index (χ2n) is 8.20. The molecule has 32 heavy (non-hydrogen) atoms. The molecule has 0 saturated carbocycles. The summed E-state index contributed by atoms with van der Waals surface area (Å²) in [6, 6.07) is 26.2. The summed E-state index contributed by atoms with van der Waals surface area (Å²) in [5.74, 6) is 1.61. The molecule has 1 saturated heterocycles. The monoisotopic (exact) mass is 432 g/mol. The minimum absolute atomic E-state index is 0.129. The van der Waals surface area contributed by atoms with Crippen molar-refractivity contribution in [2.45, 2.75) is 18.7 Å². The van der Waals surface area contributed by atoms with Crippen LogP contribution in [0.2, 0.25) is 0 Å². The molecule has 0 bridgehead atoms. The summed E-state index contributed by atoms with van der Waals surface area (Å²) in [7, 11) is 3.35. The van der Waals surface area contributed by atoms with Gasteiger partial charge in [0.1, 0.15) is 17.6 Å². The Morgan fingerprint density at radius 3 is 2.09 bits per heavy atom. The minimum Gasteiger partial charge on any atom is -0.497 e. The van der Waals surface area contributed by atoms with E-state index in [-0.39, 0.29) is 6.04 Å². The zero-order valence-corrected chi connectivity index (χ0v) is 18.9. The van der Waals surface area contributed by atoms with Crippen LogP contribution in [0.25, 0.3) is 0 Å². The van der Waals surface area contributed by atoms with Crippen molar-refractivity contribution in [1.82, 2.24) is 9.80 Å². The molecule has 1 fully saturated rings. The molecule has 168 valence electrons. The van der Waals surface area contributed by atoms with Gasteiger partial charge in [0.05, 0.1) is 20.3 Å². The first-order valence-electron chi connectivity index (χ1n) is 11.1. The molecule has 1 N–H and O–H groups in total. The molecule has 3 aromatic carbocycles. The van der Waals surface area contributed by atoms with Crippen LogP contribution >= 0.6 is 0 Å². The van der Waals surface area contributed by atoms with Gasteiger partial charge < -0.3 is 14.6 Å². The van der Waals surface area contributed by atoms with Crippen LogP contribution in [0.4, 0.5) is 0 Å². The lowest BCUT2D eigenvalue weighted by atomic mass is 9.93. The molecule has 2 unspecified atom stereocenters. The predicted molar refractivity (Wildman–Crippen MR) is 127 cm³/mol. The highest BCUT2D eigenvalue weighted by Crippen LogP contribution is 2.38. The molecule has 0 aromatic heterocycles. The molecular weight excluding hydrogens is 400 g/mol. The van der Waals surface area contributed by atoms with E-state index < -0.39 is 6.10 Å². The molecule has 1 heterocycles. The normalized spacial score (nSPS) is 17.0. The molecule has 1 aliphatic heterocycles. The van der Waals surface area contributed by atoms with Crippen molar-refractivity contribution in [2.24, 2.45) is 0 Å². The van der Waals surface area contributed by atoms with Crippen LogP contribution in [0.15, 0.2) is 78.9 Å². The Kier molecular flexibility index (Phi) is 7.43. The van der Waals surface area contributed by atoms with Gasteiger partial charge in [0.25, 0.3) is 0 Å². The fourth-order valence-electron chi connectivity index (χ4n) is 4.51. The van der Waals surface area contributed by atoms with Gasteiger partial charge in [0, 0.05) is 38.3 Å². The molecule has 2 atom stereocenters. The number of ether oxygens (including phenoxy) is 2. The number of para-hydroxylation sites is 1. The summed E-state index contributed by atoms with van der Waals surface area (Å²) in [5, 5.41) is 11.5. The lowest BCUT2D eigenvalue weighted by molar-refractivity contribution is 0.0139. The van der Waals surface area contributed by atoms with Crippen molar-refractivity contribution in [1.29, 1.82) is 0 Å². The lowest BCUT2D eigenvalue weighted by Crippen LogP contribution is -2.48. The SMILES string of the molecule is COc1ccc(CN2CCN(C(c3ccccc3)C(O)c3ccccc3OC)CC2)cc1. The zero-order chi connectivity index (χ0) is 22.3. The van der Waals surface area contributed by atoms with Crippen LogP contribution in [0.1, 0.15) is 28.8 Å². The average molecular weight is 433 g/mol. The summed E-state index contributed by atoms with van der Waals surface area (Å²) in [4.78, 5) is 4.87. The van der Waals surface area contributed by atoms with E-state index >= 15 is 0 Å². The number of aliphatic hydroxyl groups is 1. The van der Waals surface area contributed by atoms with Crippen LogP contribution in [-0.2, 0) is 6.54 Å². The third-order valence-electron chi connectivity index (χ3n) is 6.26. The predicted octanol–water partition coefficient (Wildman–Crippen LogP) is 4.30. The maximum atomic E-state index is 11.5. The van der Waals surface area contributed by atoms with E-state index in [9.17, 15) is 5.11 Å². The Morgan fingerprint density at radius 2 is 1.44 bits per heavy atom. The van der Waals surface area contributed by atoms with Crippen molar-refractivity contribution >= 4 is 0 Å². The Morgan fingerprint density at radius 1 is 0.781 bits per heavy atom. The second kappa shape index (κ2) is 10.6. The molecule has 1 aliphatic rings. The Labute approximate surface area is 190 Å². The molecule has 5 nitrogen and oxygen atoms in total. The van der Waals surface area contributed by atoms with E-state index in [4.69, 9.17) is 9.47 Å². The van der Waals surface area contributed by atoms with Crippen LogP contribution in [-0.4, -0.2) is 55.3 Å². The maximum Gasteiger partial charge on any atom is 0.124 e. The van der Waals surface area contributed by atoms with E-state index in [1.54, 1.807) is 14.2 Å². The van der Waals surface area contributed by atoms with E-state index in [1.807, 2.05) is 54.6 Å². The van der Waals surface area contributed by atoms with E-state index in [0.29, 0.717) is 0 Å². The van der Waals surface area contributed by atoms with Crippen molar-refractivity contribution < 1.29 is 14.6 Å². The van der Waals surface area contributed by atoms with E-state index in [1.165, 1.54) is 5.56 Å². The Bertz CT molecular complexity index is 970. The molecule has 3 aromatic rings.